The maximum absolute atomic E-state index is 6.25. The molecule has 3 nitrogen and oxygen atoms in total. The first-order valence-corrected chi connectivity index (χ1v) is 9.10. The van der Waals surface area contributed by atoms with E-state index >= 15 is 0 Å². The van der Waals surface area contributed by atoms with Crippen LogP contribution in [0.2, 0.25) is 0 Å². The molecule has 2 rings (SSSR count). The minimum absolute atomic E-state index is 0.213. The number of ether oxygens (including phenoxy) is 1. The Hall–Kier alpha value is -0.120. The minimum Gasteiger partial charge on any atom is -0.377 e. The summed E-state index contributed by atoms with van der Waals surface area (Å²) in [6, 6.07) is 0. The zero-order valence-electron chi connectivity index (χ0n) is 14.4. The molecule has 0 radical (unpaired) electrons. The van der Waals surface area contributed by atoms with Crippen LogP contribution in [0.3, 0.4) is 0 Å². The van der Waals surface area contributed by atoms with Crippen molar-refractivity contribution < 1.29 is 4.74 Å². The Morgan fingerprint density at radius 2 is 1.95 bits per heavy atom. The van der Waals surface area contributed by atoms with E-state index in [1.807, 2.05) is 0 Å². The molecule has 3 unspecified atom stereocenters. The second-order valence-corrected chi connectivity index (χ2v) is 7.73. The van der Waals surface area contributed by atoms with Crippen LogP contribution in [-0.4, -0.2) is 43.3 Å². The van der Waals surface area contributed by atoms with Crippen molar-refractivity contribution in [2.24, 2.45) is 17.6 Å². The van der Waals surface area contributed by atoms with E-state index in [2.05, 4.69) is 25.8 Å². The highest BCUT2D eigenvalue weighted by atomic mass is 16.5. The Balaban J connectivity index is 1.95. The molecule has 2 N–H and O–H groups in total. The highest BCUT2D eigenvalue weighted by Crippen LogP contribution is 2.36. The van der Waals surface area contributed by atoms with Gasteiger partial charge in [-0.2, -0.15) is 0 Å². The largest absolute Gasteiger partial charge is 0.377 e. The highest BCUT2D eigenvalue weighted by Gasteiger charge is 2.37. The normalized spacial score (nSPS) is 35.1. The van der Waals surface area contributed by atoms with Crippen LogP contribution in [-0.2, 0) is 4.74 Å². The molecule has 1 aliphatic heterocycles. The van der Waals surface area contributed by atoms with Gasteiger partial charge >= 0.3 is 0 Å². The van der Waals surface area contributed by atoms with Gasteiger partial charge in [0, 0.05) is 25.2 Å². The Morgan fingerprint density at radius 1 is 1.14 bits per heavy atom. The Morgan fingerprint density at radius 3 is 2.57 bits per heavy atom. The van der Waals surface area contributed by atoms with Gasteiger partial charge in [0.1, 0.15) is 0 Å². The molecule has 2 fully saturated rings. The summed E-state index contributed by atoms with van der Waals surface area (Å²) in [7, 11) is 2.28. The predicted molar refractivity (Wildman–Crippen MR) is 89.4 cm³/mol. The summed E-state index contributed by atoms with van der Waals surface area (Å²) in [5, 5.41) is 0. The Labute approximate surface area is 131 Å². The zero-order chi connectivity index (χ0) is 15.3. The van der Waals surface area contributed by atoms with Crippen molar-refractivity contribution >= 4 is 0 Å². The van der Waals surface area contributed by atoms with Crippen molar-refractivity contribution in [3.05, 3.63) is 0 Å². The van der Waals surface area contributed by atoms with E-state index in [-0.39, 0.29) is 5.54 Å². The molecule has 124 valence electrons. The fourth-order valence-corrected chi connectivity index (χ4v) is 4.28. The van der Waals surface area contributed by atoms with Crippen LogP contribution in [0, 0.1) is 11.8 Å². The van der Waals surface area contributed by atoms with Crippen LogP contribution in [0.25, 0.3) is 0 Å². The van der Waals surface area contributed by atoms with Crippen LogP contribution in [0.5, 0.6) is 0 Å². The summed E-state index contributed by atoms with van der Waals surface area (Å²) in [5.74, 6) is 1.70. The number of hydrogen-bond acceptors (Lipinski definition) is 3. The number of likely N-dealkylation sites (N-methyl/N-ethyl adjacent to an activating group) is 1. The molecule has 0 spiro atoms. The third-order valence-corrected chi connectivity index (χ3v) is 6.08. The van der Waals surface area contributed by atoms with Crippen LogP contribution in [0.1, 0.15) is 65.2 Å². The van der Waals surface area contributed by atoms with Gasteiger partial charge in [0.2, 0.25) is 0 Å². The van der Waals surface area contributed by atoms with Gasteiger partial charge in [0.15, 0.2) is 0 Å². The lowest BCUT2D eigenvalue weighted by Crippen LogP contribution is -2.54. The fourth-order valence-electron chi connectivity index (χ4n) is 4.28. The predicted octanol–water partition coefficient (Wildman–Crippen LogP) is 3.42. The van der Waals surface area contributed by atoms with E-state index in [4.69, 9.17) is 10.5 Å². The Kier molecular flexibility index (Phi) is 6.51. The van der Waals surface area contributed by atoms with Crippen LogP contribution in [0.4, 0.5) is 0 Å². The van der Waals surface area contributed by atoms with Gasteiger partial charge in [-0.3, -0.25) is 4.90 Å². The van der Waals surface area contributed by atoms with E-state index < -0.39 is 0 Å². The quantitative estimate of drug-likeness (QED) is 0.790. The van der Waals surface area contributed by atoms with E-state index in [0.717, 1.165) is 31.5 Å². The van der Waals surface area contributed by atoms with Crippen LogP contribution >= 0.6 is 0 Å². The molecular weight excluding hydrogens is 260 g/mol. The summed E-state index contributed by atoms with van der Waals surface area (Å²) >= 11 is 0. The molecular formula is C18H36N2O. The summed E-state index contributed by atoms with van der Waals surface area (Å²) in [6.07, 6.45) is 10.8. The average Bonchev–Trinajstić information content (AvgIpc) is 2.71. The smallest absolute Gasteiger partial charge is 0.0702 e. The van der Waals surface area contributed by atoms with Crippen LogP contribution < -0.4 is 5.73 Å². The van der Waals surface area contributed by atoms with Crippen molar-refractivity contribution in [3.8, 4) is 0 Å². The maximum Gasteiger partial charge on any atom is 0.0702 e. The molecule has 2 aliphatic rings. The summed E-state index contributed by atoms with van der Waals surface area (Å²) in [6.45, 7) is 7.55. The van der Waals surface area contributed by atoms with Gasteiger partial charge in [0.05, 0.1) is 6.10 Å². The first kappa shape index (κ1) is 17.2. The number of nitrogens with two attached hydrogens (primary N) is 1. The van der Waals surface area contributed by atoms with Gasteiger partial charge in [-0.05, 0) is 57.4 Å². The number of hydrogen-bond donors (Lipinski definition) is 1. The second-order valence-electron chi connectivity index (χ2n) is 7.73. The molecule has 1 aliphatic carbocycles. The molecule has 1 saturated carbocycles. The van der Waals surface area contributed by atoms with Gasteiger partial charge in [-0.25, -0.2) is 0 Å². The summed E-state index contributed by atoms with van der Waals surface area (Å²) < 4.78 is 5.94. The lowest BCUT2D eigenvalue weighted by molar-refractivity contribution is -0.0257. The minimum atomic E-state index is 0.213. The van der Waals surface area contributed by atoms with Crippen molar-refractivity contribution in [1.29, 1.82) is 0 Å². The van der Waals surface area contributed by atoms with E-state index in [0.29, 0.717) is 6.10 Å². The molecule has 1 saturated heterocycles. The van der Waals surface area contributed by atoms with Crippen molar-refractivity contribution in [2.45, 2.75) is 76.9 Å². The topological polar surface area (TPSA) is 38.5 Å². The standard InChI is InChI=1S/C18H36N2O/c1-15(2)16-7-6-10-18(14-19,11-9-16)20(3)13-17-8-4-5-12-21-17/h15-17H,4-14,19H2,1-3H3. The second kappa shape index (κ2) is 7.94. The number of rotatable bonds is 5. The molecule has 3 heteroatoms. The average molecular weight is 296 g/mol. The molecule has 21 heavy (non-hydrogen) atoms. The zero-order valence-corrected chi connectivity index (χ0v) is 14.4. The fraction of sp³-hybridized carbons (Fsp3) is 1.00. The first-order chi connectivity index (χ1) is 10.1. The third kappa shape index (κ3) is 4.43. The summed E-state index contributed by atoms with van der Waals surface area (Å²) in [4.78, 5) is 2.55. The monoisotopic (exact) mass is 296 g/mol. The van der Waals surface area contributed by atoms with Crippen molar-refractivity contribution in [3.63, 3.8) is 0 Å². The SMILES string of the molecule is CC(C)C1CCCC(CN)(N(C)CC2CCCCO2)CC1. The Bertz CT molecular complexity index is 302. The molecule has 1 heterocycles. The molecule has 0 bridgehead atoms. The first-order valence-electron chi connectivity index (χ1n) is 9.10. The van der Waals surface area contributed by atoms with Gasteiger partial charge in [0.25, 0.3) is 0 Å². The molecule has 0 aromatic heterocycles. The lowest BCUT2D eigenvalue weighted by Gasteiger charge is -2.43. The van der Waals surface area contributed by atoms with Gasteiger partial charge in [-0.1, -0.05) is 26.7 Å². The third-order valence-electron chi connectivity index (χ3n) is 6.08. The van der Waals surface area contributed by atoms with Gasteiger partial charge < -0.3 is 10.5 Å². The van der Waals surface area contributed by atoms with E-state index in [1.54, 1.807) is 0 Å². The maximum atomic E-state index is 6.25. The van der Waals surface area contributed by atoms with Crippen molar-refractivity contribution in [1.82, 2.24) is 4.90 Å². The number of nitrogens with zero attached hydrogens (tertiary/aromatic N) is 1. The molecule has 3 atom stereocenters. The molecule has 0 amide bonds. The van der Waals surface area contributed by atoms with Crippen LogP contribution in [0.15, 0.2) is 0 Å². The van der Waals surface area contributed by atoms with Gasteiger partial charge in [-0.15, -0.1) is 0 Å². The molecule has 0 aromatic carbocycles. The molecule has 0 aromatic rings. The lowest BCUT2D eigenvalue weighted by atomic mass is 9.85. The summed E-state index contributed by atoms with van der Waals surface area (Å²) in [5.41, 5.74) is 6.47. The highest BCUT2D eigenvalue weighted by molar-refractivity contribution is 4.94. The van der Waals surface area contributed by atoms with E-state index in [9.17, 15) is 0 Å². The van der Waals surface area contributed by atoms with E-state index in [1.165, 1.54) is 51.4 Å². The van der Waals surface area contributed by atoms with Crippen molar-refractivity contribution in [2.75, 3.05) is 26.7 Å².